The Kier molecular flexibility index (Phi) is 6.85. The van der Waals surface area contributed by atoms with E-state index in [9.17, 15) is 4.79 Å². The Morgan fingerprint density at radius 3 is 2.63 bits per heavy atom. The van der Waals surface area contributed by atoms with Crippen LogP contribution in [-0.4, -0.2) is 54.1 Å². The smallest absolute Gasteiger partial charge is 0.236 e. The van der Waals surface area contributed by atoms with Crippen molar-refractivity contribution in [2.45, 2.75) is 6.54 Å². The summed E-state index contributed by atoms with van der Waals surface area (Å²) >= 11 is 0. The van der Waals surface area contributed by atoms with E-state index in [1.54, 1.807) is 18.0 Å². The fraction of sp³-hybridized carbons (Fsp3) is 0.400. The lowest BCUT2D eigenvalue weighted by atomic mass is 10.2. The quantitative estimate of drug-likeness (QED) is 0.714. The molecule has 4 heteroatoms. The highest BCUT2D eigenvalue weighted by molar-refractivity contribution is 5.78. The van der Waals surface area contributed by atoms with Crippen LogP contribution in [0.1, 0.15) is 5.56 Å². The topological polar surface area (TPSA) is 43.8 Å². The van der Waals surface area contributed by atoms with E-state index in [0.29, 0.717) is 26.2 Å². The molecule has 0 spiro atoms. The third-order valence-electron chi connectivity index (χ3n) is 2.85. The molecule has 0 aliphatic heterocycles. The van der Waals surface area contributed by atoms with Crippen molar-refractivity contribution in [2.75, 3.05) is 33.3 Å². The van der Waals surface area contributed by atoms with Crippen molar-refractivity contribution in [3.63, 3.8) is 0 Å². The number of aliphatic hydroxyl groups is 1. The Balaban J connectivity index is 2.49. The molecular formula is C15H22N2O2. The maximum Gasteiger partial charge on any atom is 0.236 e. The molecule has 1 rings (SSSR count). The van der Waals surface area contributed by atoms with Gasteiger partial charge in [-0.2, -0.15) is 0 Å². The Morgan fingerprint density at radius 2 is 2.05 bits per heavy atom. The van der Waals surface area contributed by atoms with Gasteiger partial charge < -0.3 is 10.0 Å². The first kappa shape index (κ1) is 15.4. The van der Waals surface area contributed by atoms with Gasteiger partial charge in [-0.05, 0) is 5.56 Å². The predicted octanol–water partition coefficient (Wildman–Crippen LogP) is 1.13. The van der Waals surface area contributed by atoms with E-state index < -0.39 is 0 Å². The lowest BCUT2D eigenvalue weighted by Gasteiger charge is -2.23. The monoisotopic (exact) mass is 262 g/mol. The molecular weight excluding hydrogens is 240 g/mol. The second-order valence-electron chi connectivity index (χ2n) is 4.48. The number of carbonyl (C=O) groups excluding carboxylic acids is 1. The number of amides is 1. The summed E-state index contributed by atoms with van der Waals surface area (Å²) in [6.07, 6.45) is 1.74. The standard InChI is InChI=1S/C15H22N2O2/c1-3-9-17(10-11-18)13-15(19)16(2)12-14-7-5-4-6-8-14/h3-8,18H,1,9-13H2,2H3. The Morgan fingerprint density at radius 1 is 1.37 bits per heavy atom. The molecule has 0 bridgehead atoms. The number of rotatable bonds is 8. The van der Waals surface area contributed by atoms with Crippen LogP contribution in [0.2, 0.25) is 0 Å². The van der Waals surface area contributed by atoms with Gasteiger partial charge in [-0.3, -0.25) is 9.69 Å². The molecule has 1 aromatic rings. The van der Waals surface area contributed by atoms with Crippen LogP contribution in [0.25, 0.3) is 0 Å². The Hall–Kier alpha value is -1.65. The van der Waals surface area contributed by atoms with Crippen molar-refractivity contribution in [2.24, 2.45) is 0 Å². The normalized spacial score (nSPS) is 10.5. The molecule has 0 aromatic heterocycles. The van der Waals surface area contributed by atoms with E-state index in [4.69, 9.17) is 5.11 Å². The highest BCUT2D eigenvalue weighted by Gasteiger charge is 2.13. The number of aliphatic hydroxyl groups excluding tert-OH is 1. The summed E-state index contributed by atoms with van der Waals surface area (Å²) in [5.74, 6) is 0.0409. The molecule has 0 saturated heterocycles. The summed E-state index contributed by atoms with van der Waals surface area (Å²) < 4.78 is 0. The van der Waals surface area contributed by atoms with E-state index in [2.05, 4.69) is 6.58 Å². The fourth-order valence-corrected chi connectivity index (χ4v) is 1.82. The first-order chi connectivity index (χ1) is 9.17. The van der Waals surface area contributed by atoms with Gasteiger partial charge in [-0.15, -0.1) is 6.58 Å². The van der Waals surface area contributed by atoms with Gasteiger partial charge in [-0.25, -0.2) is 0 Å². The van der Waals surface area contributed by atoms with Crippen molar-refractivity contribution in [1.82, 2.24) is 9.80 Å². The van der Waals surface area contributed by atoms with Crippen LogP contribution >= 0.6 is 0 Å². The van der Waals surface area contributed by atoms with Crippen LogP contribution in [0.15, 0.2) is 43.0 Å². The highest BCUT2D eigenvalue weighted by Crippen LogP contribution is 2.03. The first-order valence-electron chi connectivity index (χ1n) is 6.39. The molecule has 1 aromatic carbocycles. The lowest BCUT2D eigenvalue weighted by molar-refractivity contribution is -0.131. The van der Waals surface area contributed by atoms with Gasteiger partial charge in [0.15, 0.2) is 0 Å². The van der Waals surface area contributed by atoms with Gasteiger partial charge in [0.2, 0.25) is 5.91 Å². The molecule has 1 amide bonds. The summed E-state index contributed by atoms with van der Waals surface area (Å²) in [5.41, 5.74) is 1.11. The molecule has 0 aliphatic carbocycles. The number of carbonyl (C=O) groups is 1. The number of hydrogen-bond acceptors (Lipinski definition) is 3. The second-order valence-corrected chi connectivity index (χ2v) is 4.48. The van der Waals surface area contributed by atoms with Crippen LogP contribution in [0, 0.1) is 0 Å². The predicted molar refractivity (Wildman–Crippen MR) is 76.6 cm³/mol. The largest absolute Gasteiger partial charge is 0.395 e. The summed E-state index contributed by atoms with van der Waals surface area (Å²) in [6, 6.07) is 9.88. The van der Waals surface area contributed by atoms with Crippen molar-refractivity contribution < 1.29 is 9.90 Å². The van der Waals surface area contributed by atoms with Gasteiger partial charge in [0.25, 0.3) is 0 Å². The van der Waals surface area contributed by atoms with Crippen molar-refractivity contribution in [3.05, 3.63) is 48.6 Å². The summed E-state index contributed by atoms with van der Waals surface area (Å²) in [6.45, 7) is 5.68. The average molecular weight is 262 g/mol. The molecule has 0 saturated carbocycles. The minimum atomic E-state index is 0.0409. The van der Waals surface area contributed by atoms with Crippen LogP contribution in [0.5, 0.6) is 0 Å². The van der Waals surface area contributed by atoms with Gasteiger partial charge in [0.1, 0.15) is 0 Å². The fourth-order valence-electron chi connectivity index (χ4n) is 1.82. The molecule has 0 radical (unpaired) electrons. The second kappa shape index (κ2) is 8.45. The van der Waals surface area contributed by atoms with Crippen LogP contribution in [-0.2, 0) is 11.3 Å². The zero-order chi connectivity index (χ0) is 14.1. The molecule has 0 fully saturated rings. The Labute approximate surface area is 115 Å². The van der Waals surface area contributed by atoms with Crippen molar-refractivity contribution >= 4 is 5.91 Å². The summed E-state index contributed by atoms with van der Waals surface area (Å²) in [7, 11) is 1.79. The third-order valence-corrected chi connectivity index (χ3v) is 2.85. The highest BCUT2D eigenvalue weighted by atomic mass is 16.3. The van der Waals surface area contributed by atoms with Gasteiger partial charge >= 0.3 is 0 Å². The molecule has 0 aliphatic rings. The van der Waals surface area contributed by atoms with Crippen LogP contribution in [0.4, 0.5) is 0 Å². The van der Waals surface area contributed by atoms with Crippen molar-refractivity contribution in [1.29, 1.82) is 0 Å². The van der Waals surface area contributed by atoms with Crippen molar-refractivity contribution in [3.8, 4) is 0 Å². The minimum Gasteiger partial charge on any atom is -0.395 e. The van der Waals surface area contributed by atoms with Gasteiger partial charge in [0.05, 0.1) is 13.2 Å². The molecule has 1 N–H and O–H groups in total. The maximum atomic E-state index is 12.1. The molecule has 104 valence electrons. The average Bonchev–Trinajstić information content (AvgIpc) is 2.40. The summed E-state index contributed by atoms with van der Waals surface area (Å²) in [5, 5.41) is 8.95. The van der Waals surface area contributed by atoms with Crippen LogP contribution < -0.4 is 0 Å². The number of likely N-dealkylation sites (N-methyl/N-ethyl adjacent to an activating group) is 1. The third kappa shape index (κ3) is 5.68. The van der Waals surface area contributed by atoms with Gasteiger partial charge in [-0.1, -0.05) is 36.4 Å². The van der Waals surface area contributed by atoms with Crippen LogP contribution in [0.3, 0.4) is 0 Å². The first-order valence-corrected chi connectivity index (χ1v) is 6.39. The molecule has 19 heavy (non-hydrogen) atoms. The minimum absolute atomic E-state index is 0.0409. The molecule has 0 unspecified atom stereocenters. The van der Waals surface area contributed by atoms with E-state index in [1.165, 1.54) is 0 Å². The van der Waals surface area contributed by atoms with E-state index in [0.717, 1.165) is 5.56 Å². The molecule has 0 heterocycles. The van der Waals surface area contributed by atoms with E-state index in [-0.39, 0.29) is 12.5 Å². The zero-order valence-electron chi connectivity index (χ0n) is 11.5. The summed E-state index contributed by atoms with van der Waals surface area (Å²) in [4.78, 5) is 15.6. The van der Waals surface area contributed by atoms with E-state index in [1.807, 2.05) is 35.2 Å². The zero-order valence-corrected chi connectivity index (χ0v) is 11.5. The molecule has 0 atom stereocenters. The maximum absolute atomic E-state index is 12.1. The number of benzene rings is 1. The lowest BCUT2D eigenvalue weighted by Crippen LogP contribution is -2.39. The van der Waals surface area contributed by atoms with E-state index >= 15 is 0 Å². The SMILES string of the molecule is C=CCN(CCO)CC(=O)N(C)Cc1ccccc1. The Bertz CT molecular complexity index is 392. The van der Waals surface area contributed by atoms with Gasteiger partial charge in [0, 0.05) is 26.7 Å². The number of hydrogen-bond donors (Lipinski definition) is 1. The number of nitrogens with zero attached hydrogens (tertiary/aromatic N) is 2. The molecule has 4 nitrogen and oxygen atoms in total.